The largest absolute Gasteiger partial charge is 0.573 e. The number of sulfonamides is 1. The van der Waals surface area contributed by atoms with E-state index in [1.165, 1.54) is 0 Å². The molecule has 3 N–H and O–H groups in total. The number of carboxylic acids is 1. The van der Waals surface area contributed by atoms with E-state index >= 15 is 0 Å². The smallest absolute Gasteiger partial charge is 0.479 e. The van der Waals surface area contributed by atoms with Crippen LogP contribution in [-0.4, -0.2) is 43.6 Å². The molecule has 0 aromatic heterocycles. The van der Waals surface area contributed by atoms with Gasteiger partial charge in [0.05, 0.1) is 4.90 Å². The van der Waals surface area contributed by atoms with Crippen molar-refractivity contribution in [3.8, 4) is 5.75 Å². The van der Waals surface area contributed by atoms with Crippen LogP contribution in [0.15, 0.2) is 29.2 Å². The number of nitrogens with one attached hydrogen (secondary N) is 1. The first kappa shape index (κ1) is 17.2. The van der Waals surface area contributed by atoms with E-state index < -0.39 is 45.6 Å². The van der Waals surface area contributed by atoms with Gasteiger partial charge in [-0.3, -0.25) is 0 Å². The highest BCUT2D eigenvalue weighted by Crippen LogP contribution is 2.23. The van der Waals surface area contributed by atoms with Gasteiger partial charge in [0.25, 0.3) is 0 Å². The molecule has 0 saturated carbocycles. The number of ether oxygens (including phenoxy) is 1. The SMILES string of the molecule is O=C(O)C(O)CNS(=O)(=O)c1ccc(OC(F)(F)F)cc1. The zero-order chi connectivity index (χ0) is 16.3. The molecule has 0 amide bonds. The number of rotatable bonds is 6. The number of aliphatic hydroxyl groups is 1. The van der Waals surface area contributed by atoms with Gasteiger partial charge >= 0.3 is 12.3 Å². The summed E-state index contributed by atoms with van der Waals surface area (Å²) in [5, 5.41) is 17.3. The molecule has 118 valence electrons. The number of benzene rings is 1. The van der Waals surface area contributed by atoms with Gasteiger partial charge in [0, 0.05) is 6.54 Å². The molecule has 7 nitrogen and oxygen atoms in total. The molecule has 0 bridgehead atoms. The molecule has 0 fully saturated rings. The maximum Gasteiger partial charge on any atom is 0.573 e. The van der Waals surface area contributed by atoms with E-state index in [-0.39, 0.29) is 0 Å². The van der Waals surface area contributed by atoms with Crippen molar-refractivity contribution >= 4 is 16.0 Å². The lowest BCUT2D eigenvalue weighted by Crippen LogP contribution is -2.36. The van der Waals surface area contributed by atoms with Crippen molar-refractivity contribution in [3.05, 3.63) is 24.3 Å². The fraction of sp³-hybridized carbons (Fsp3) is 0.300. The van der Waals surface area contributed by atoms with E-state index in [4.69, 9.17) is 10.2 Å². The lowest BCUT2D eigenvalue weighted by Gasteiger charge is -2.11. The minimum Gasteiger partial charge on any atom is -0.479 e. The number of alkyl halides is 3. The average molecular weight is 329 g/mol. The normalized spacial score (nSPS) is 13.7. The zero-order valence-corrected chi connectivity index (χ0v) is 11.0. The summed E-state index contributed by atoms with van der Waals surface area (Å²) < 4.78 is 64.5. The molecule has 1 aromatic carbocycles. The van der Waals surface area contributed by atoms with E-state index in [2.05, 4.69) is 4.74 Å². The fourth-order valence-electron chi connectivity index (χ4n) is 1.18. The van der Waals surface area contributed by atoms with Gasteiger partial charge in [0.15, 0.2) is 6.10 Å². The second kappa shape index (κ2) is 6.28. The molecule has 0 heterocycles. The van der Waals surface area contributed by atoms with E-state index in [0.29, 0.717) is 0 Å². The molecule has 1 atom stereocenters. The van der Waals surface area contributed by atoms with Crippen LogP contribution in [0.25, 0.3) is 0 Å². The summed E-state index contributed by atoms with van der Waals surface area (Å²) in [6, 6.07) is 3.26. The third-order valence-electron chi connectivity index (χ3n) is 2.12. The molecule has 0 aliphatic heterocycles. The molecule has 0 aliphatic carbocycles. The summed E-state index contributed by atoms with van der Waals surface area (Å²) in [6.07, 6.45) is -6.84. The maximum absolute atomic E-state index is 11.9. The van der Waals surface area contributed by atoms with Crippen LogP contribution in [0.3, 0.4) is 0 Å². The molecule has 0 radical (unpaired) electrons. The second-order valence-corrected chi connectivity index (χ2v) is 5.49. The predicted octanol–water partition coefficient (Wildman–Crippen LogP) is 0.309. The van der Waals surface area contributed by atoms with Gasteiger partial charge in [0.1, 0.15) is 5.75 Å². The molecule has 11 heteroatoms. The van der Waals surface area contributed by atoms with Gasteiger partial charge in [0.2, 0.25) is 10.0 Å². The summed E-state index contributed by atoms with van der Waals surface area (Å²) in [4.78, 5) is 9.91. The van der Waals surface area contributed by atoms with Crippen LogP contribution in [0.1, 0.15) is 0 Å². The Morgan fingerprint density at radius 2 is 1.81 bits per heavy atom. The first-order valence-corrected chi connectivity index (χ1v) is 6.76. The number of carbonyl (C=O) groups is 1. The summed E-state index contributed by atoms with van der Waals surface area (Å²) in [5.74, 6) is -2.22. The average Bonchev–Trinajstić information content (AvgIpc) is 2.34. The first-order chi connectivity index (χ1) is 9.51. The maximum atomic E-state index is 11.9. The van der Waals surface area contributed by atoms with E-state index in [0.717, 1.165) is 24.3 Å². The monoisotopic (exact) mass is 329 g/mol. The summed E-state index contributed by atoms with van der Waals surface area (Å²) in [6.45, 7) is -0.779. The van der Waals surface area contributed by atoms with Crippen LogP contribution in [0.4, 0.5) is 13.2 Å². The molecule has 1 aromatic rings. The Hall–Kier alpha value is -1.85. The topological polar surface area (TPSA) is 113 Å². The highest BCUT2D eigenvalue weighted by molar-refractivity contribution is 7.89. The number of hydrogen-bond donors (Lipinski definition) is 3. The lowest BCUT2D eigenvalue weighted by atomic mass is 10.3. The van der Waals surface area contributed by atoms with Crippen molar-refractivity contribution in [2.75, 3.05) is 6.54 Å². The Morgan fingerprint density at radius 3 is 2.24 bits per heavy atom. The van der Waals surface area contributed by atoms with E-state index in [9.17, 15) is 26.4 Å². The molecule has 1 rings (SSSR count). The first-order valence-electron chi connectivity index (χ1n) is 5.27. The number of carboxylic acid groups (broad SMARTS) is 1. The third kappa shape index (κ3) is 5.57. The van der Waals surface area contributed by atoms with Crippen LogP contribution in [0, 0.1) is 0 Å². The van der Waals surface area contributed by atoms with E-state index in [1.54, 1.807) is 4.72 Å². The molecule has 0 saturated heterocycles. The Morgan fingerprint density at radius 1 is 1.29 bits per heavy atom. The number of aliphatic carboxylic acids is 1. The van der Waals surface area contributed by atoms with Crippen LogP contribution in [0.5, 0.6) is 5.75 Å². The van der Waals surface area contributed by atoms with Crippen molar-refractivity contribution in [3.63, 3.8) is 0 Å². The molecule has 1 unspecified atom stereocenters. The summed E-state index contributed by atoms with van der Waals surface area (Å²) in [5.41, 5.74) is 0. The van der Waals surface area contributed by atoms with Crippen molar-refractivity contribution in [1.82, 2.24) is 4.72 Å². The Balaban J connectivity index is 2.78. The minimum absolute atomic E-state index is 0.408. The fourth-order valence-corrected chi connectivity index (χ4v) is 2.22. The minimum atomic E-state index is -4.90. The molecule has 0 spiro atoms. The van der Waals surface area contributed by atoms with Gasteiger partial charge in [-0.05, 0) is 24.3 Å². The standard InChI is InChI=1S/C10H10F3NO6S/c11-10(12,13)20-6-1-3-7(4-2-6)21(18,19)14-5-8(15)9(16)17/h1-4,8,14-15H,5H2,(H,16,17). The van der Waals surface area contributed by atoms with Gasteiger partial charge in [-0.25, -0.2) is 17.9 Å². The molecular formula is C10H10F3NO6S. The van der Waals surface area contributed by atoms with Gasteiger partial charge < -0.3 is 14.9 Å². The third-order valence-corrected chi connectivity index (χ3v) is 3.56. The second-order valence-electron chi connectivity index (χ2n) is 3.73. The Bertz CT molecular complexity index is 598. The molecule has 0 aliphatic rings. The summed E-state index contributed by atoms with van der Waals surface area (Å²) in [7, 11) is -4.16. The molecule has 21 heavy (non-hydrogen) atoms. The van der Waals surface area contributed by atoms with Gasteiger partial charge in [-0.2, -0.15) is 0 Å². The van der Waals surface area contributed by atoms with Crippen LogP contribution >= 0.6 is 0 Å². The van der Waals surface area contributed by atoms with Crippen molar-refractivity contribution in [2.45, 2.75) is 17.4 Å². The molecular weight excluding hydrogens is 319 g/mol. The lowest BCUT2D eigenvalue weighted by molar-refractivity contribution is -0.274. The Labute approximate surface area is 117 Å². The van der Waals surface area contributed by atoms with Gasteiger partial charge in [-0.1, -0.05) is 0 Å². The van der Waals surface area contributed by atoms with Crippen molar-refractivity contribution < 1.29 is 41.3 Å². The van der Waals surface area contributed by atoms with Crippen LogP contribution < -0.4 is 9.46 Å². The Kier molecular flexibility index (Phi) is 5.15. The highest BCUT2D eigenvalue weighted by atomic mass is 32.2. The van der Waals surface area contributed by atoms with Crippen LogP contribution in [0.2, 0.25) is 0 Å². The highest BCUT2D eigenvalue weighted by Gasteiger charge is 2.31. The van der Waals surface area contributed by atoms with Crippen molar-refractivity contribution in [1.29, 1.82) is 0 Å². The predicted molar refractivity (Wildman–Crippen MR) is 62.0 cm³/mol. The number of halogens is 3. The summed E-state index contributed by atoms with van der Waals surface area (Å²) >= 11 is 0. The van der Waals surface area contributed by atoms with Crippen LogP contribution in [-0.2, 0) is 14.8 Å². The van der Waals surface area contributed by atoms with Gasteiger partial charge in [-0.15, -0.1) is 13.2 Å². The number of hydrogen-bond acceptors (Lipinski definition) is 5. The van der Waals surface area contributed by atoms with Crippen molar-refractivity contribution in [2.24, 2.45) is 0 Å². The quantitative estimate of drug-likeness (QED) is 0.692. The zero-order valence-electron chi connectivity index (χ0n) is 10.2. The van der Waals surface area contributed by atoms with E-state index in [1.807, 2.05) is 0 Å². The number of aliphatic hydroxyl groups excluding tert-OH is 1.